The van der Waals surface area contributed by atoms with Crippen molar-refractivity contribution in [2.24, 2.45) is 0 Å². The molecule has 0 bridgehead atoms. The van der Waals surface area contributed by atoms with Crippen LogP contribution in [-0.4, -0.2) is 21.2 Å². The van der Waals surface area contributed by atoms with Crippen LogP contribution in [0.4, 0.5) is 13.2 Å². The summed E-state index contributed by atoms with van der Waals surface area (Å²) in [6.45, 7) is 0. The Morgan fingerprint density at radius 2 is 1.91 bits per heavy atom. The number of benzene rings is 2. The maximum atomic E-state index is 14.0. The summed E-state index contributed by atoms with van der Waals surface area (Å²) in [7, 11) is 0. The van der Waals surface area contributed by atoms with Crippen molar-refractivity contribution in [2.45, 2.75) is 25.4 Å². The number of hydrogen-bond acceptors (Lipinski definition) is 5. The van der Waals surface area contributed by atoms with E-state index < -0.39 is 17.7 Å². The fourth-order valence-corrected chi connectivity index (χ4v) is 5.09. The second kappa shape index (κ2) is 7.59. The zero-order valence-corrected chi connectivity index (χ0v) is 17.3. The Labute approximate surface area is 184 Å². The SMILES string of the molecule is O=C(O)Cc1ccc2c(c1)CCc1nc(-c3onc(-c4ccccc4)c3C(F)(F)F)sc1-2. The Morgan fingerprint density at radius 1 is 1.12 bits per heavy atom. The maximum Gasteiger partial charge on any atom is 0.422 e. The van der Waals surface area contributed by atoms with Gasteiger partial charge < -0.3 is 9.63 Å². The van der Waals surface area contributed by atoms with Crippen LogP contribution in [0.1, 0.15) is 22.4 Å². The van der Waals surface area contributed by atoms with Gasteiger partial charge in [0.25, 0.3) is 0 Å². The van der Waals surface area contributed by atoms with Crippen LogP contribution in [0, 0.1) is 0 Å². The van der Waals surface area contributed by atoms with Gasteiger partial charge in [-0.1, -0.05) is 53.7 Å². The molecule has 5 nitrogen and oxygen atoms in total. The number of aryl methyl sites for hydroxylation is 2. The number of fused-ring (bicyclic) bond motifs is 3. The van der Waals surface area contributed by atoms with Crippen molar-refractivity contribution in [3.63, 3.8) is 0 Å². The zero-order valence-electron chi connectivity index (χ0n) is 16.4. The molecular formula is C23H15F3N2O3S. The van der Waals surface area contributed by atoms with Gasteiger partial charge in [0, 0.05) is 5.56 Å². The Kier molecular flexibility index (Phi) is 4.85. The highest BCUT2D eigenvalue weighted by Crippen LogP contribution is 2.47. The first-order chi connectivity index (χ1) is 15.3. The van der Waals surface area contributed by atoms with Crippen molar-refractivity contribution in [1.82, 2.24) is 10.1 Å². The molecule has 1 aliphatic rings. The first kappa shape index (κ1) is 20.4. The van der Waals surface area contributed by atoms with Crippen LogP contribution in [0.25, 0.3) is 32.5 Å². The molecule has 0 spiro atoms. The predicted octanol–water partition coefficient (Wildman–Crippen LogP) is 5.88. The number of rotatable bonds is 4. The fourth-order valence-electron chi connectivity index (χ4n) is 3.93. The lowest BCUT2D eigenvalue weighted by Crippen LogP contribution is -2.07. The number of thiazole rings is 1. The normalized spacial score (nSPS) is 13.0. The van der Waals surface area contributed by atoms with E-state index in [0.29, 0.717) is 29.7 Å². The second-order valence-corrected chi connectivity index (χ2v) is 8.46. The molecule has 0 atom stereocenters. The van der Waals surface area contributed by atoms with E-state index in [9.17, 15) is 18.0 Å². The Morgan fingerprint density at radius 3 is 2.62 bits per heavy atom. The van der Waals surface area contributed by atoms with E-state index in [1.165, 1.54) is 0 Å². The molecule has 2 heterocycles. The van der Waals surface area contributed by atoms with Crippen LogP contribution in [0.15, 0.2) is 53.1 Å². The van der Waals surface area contributed by atoms with Crippen molar-refractivity contribution in [2.75, 3.05) is 0 Å². The van der Waals surface area contributed by atoms with E-state index in [0.717, 1.165) is 27.3 Å². The van der Waals surface area contributed by atoms with Crippen LogP contribution < -0.4 is 0 Å². The molecule has 0 aliphatic heterocycles. The molecule has 2 aromatic carbocycles. The third-order valence-electron chi connectivity index (χ3n) is 5.32. The first-order valence-corrected chi connectivity index (χ1v) is 10.6. The van der Waals surface area contributed by atoms with Gasteiger partial charge in [-0.3, -0.25) is 4.79 Å². The average Bonchev–Trinajstić information content (AvgIpc) is 3.38. The van der Waals surface area contributed by atoms with Gasteiger partial charge in [0.2, 0.25) is 5.76 Å². The summed E-state index contributed by atoms with van der Waals surface area (Å²) in [4.78, 5) is 16.2. The van der Waals surface area contributed by atoms with Crippen LogP contribution >= 0.6 is 11.3 Å². The van der Waals surface area contributed by atoms with Gasteiger partial charge in [-0.05, 0) is 29.5 Å². The summed E-state index contributed by atoms with van der Waals surface area (Å²) in [5.74, 6) is -1.31. The molecule has 0 amide bonds. The summed E-state index contributed by atoms with van der Waals surface area (Å²) in [5.41, 5.74) is 2.32. The molecule has 0 saturated carbocycles. The number of hydrogen-bond donors (Lipinski definition) is 1. The summed E-state index contributed by atoms with van der Waals surface area (Å²) in [5, 5.41) is 12.9. The first-order valence-electron chi connectivity index (χ1n) is 9.77. The third-order valence-corrected chi connectivity index (χ3v) is 6.44. The predicted molar refractivity (Wildman–Crippen MR) is 112 cm³/mol. The van der Waals surface area contributed by atoms with E-state index in [-0.39, 0.29) is 22.9 Å². The van der Waals surface area contributed by atoms with Crippen molar-refractivity contribution in [3.8, 4) is 32.5 Å². The molecule has 5 rings (SSSR count). The highest BCUT2D eigenvalue weighted by Gasteiger charge is 2.42. The fraction of sp³-hybridized carbons (Fsp3) is 0.174. The molecule has 1 aliphatic carbocycles. The molecular weight excluding hydrogens is 441 g/mol. The number of carbonyl (C=O) groups is 1. The molecule has 0 fully saturated rings. The van der Waals surface area contributed by atoms with Gasteiger partial charge in [-0.2, -0.15) is 13.2 Å². The standard InChI is InChI=1S/C23H15F3N2O3S/c24-23(25,26)18-19(13-4-2-1-3-5-13)28-31-20(18)22-27-16-9-7-14-10-12(11-17(29)30)6-8-15(14)21(16)32-22/h1-6,8,10H,7,9,11H2,(H,29,30). The molecule has 2 aromatic heterocycles. The summed E-state index contributed by atoms with van der Waals surface area (Å²) in [6, 6.07) is 13.5. The zero-order chi connectivity index (χ0) is 22.5. The number of halogens is 3. The molecule has 0 unspecified atom stereocenters. The van der Waals surface area contributed by atoms with E-state index in [2.05, 4.69) is 10.1 Å². The van der Waals surface area contributed by atoms with E-state index in [1.54, 1.807) is 36.4 Å². The number of carboxylic acids is 1. The van der Waals surface area contributed by atoms with E-state index in [1.807, 2.05) is 12.1 Å². The van der Waals surface area contributed by atoms with E-state index >= 15 is 0 Å². The van der Waals surface area contributed by atoms with Crippen LogP contribution in [0.2, 0.25) is 0 Å². The number of nitrogens with zero attached hydrogens (tertiary/aromatic N) is 2. The molecule has 0 radical (unpaired) electrons. The average molecular weight is 456 g/mol. The van der Waals surface area contributed by atoms with Gasteiger partial charge in [0.1, 0.15) is 11.3 Å². The van der Waals surface area contributed by atoms with Crippen LogP contribution in [0.3, 0.4) is 0 Å². The smallest absolute Gasteiger partial charge is 0.422 e. The topological polar surface area (TPSA) is 76.2 Å². The minimum atomic E-state index is -4.67. The number of aliphatic carboxylic acids is 1. The summed E-state index contributed by atoms with van der Waals surface area (Å²) in [6.07, 6.45) is -3.56. The van der Waals surface area contributed by atoms with Crippen molar-refractivity contribution < 1.29 is 27.6 Å². The van der Waals surface area contributed by atoms with Crippen LogP contribution in [-0.2, 0) is 30.2 Å². The van der Waals surface area contributed by atoms with Crippen molar-refractivity contribution in [3.05, 3.63) is 70.9 Å². The minimum Gasteiger partial charge on any atom is -0.481 e. The highest BCUT2D eigenvalue weighted by molar-refractivity contribution is 7.18. The molecule has 1 N–H and O–H groups in total. The summed E-state index contributed by atoms with van der Waals surface area (Å²) >= 11 is 1.13. The van der Waals surface area contributed by atoms with Gasteiger partial charge in [0.05, 0.1) is 17.0 Å². The third kappa shape index (κ3) is 3.58. The van der Waals surface area contributed by atoms with Gasteiger partial charge in [-0.15, -0.1) is 11.3 Å². The van der Waals surface area contributed by atoms with Gasteiger partial charge in [0.15, 0.2) is 5.01 Å². The largest absolute Gasteiger partial charge is 0.481 e. The quantitative estimate of drug-likeness (QED) is 0.415. The number of carboxylic acid groups (broad SMARTS) is 1. The molecule has 4 aromatic rings. The second-order valence-electron chi connectivity index (χ2n) is 7.46. The molecule has 32 heavy (non-hydrogen) atoms. The molecule has 9 heteroatoms. The van der Waals surface area contributed by atoms with E-state index in [4.69, 9.17) is 9.63 Å². The Balaban J connectivity index is 1.60. The highest BCUT2D eigenvalue weighted by atomic mass is 32.1. The minimum absolute atomic E-state index is 0.0800. The molecule has 162 valence electrons. The van der Waals surface area contributed by atoms with Gasteiger partial charge in [-0.25, -0.2) is 4.98 Å². The Hall–Kier alpha value is -3.46. The van der Waals surface area contributed by atoms with Crippen molar-refractivity contribution in [1.29, 1.82) is 0 Å². The monoisotopic (exact) mass is 456 g/mol. The lowest BCUT2D eigenvalue weighted by Gasteiger charge is -2.15. The number of alkyl halides is 3. The Bertz CT molecular complexity index is 1330. The van der Waals surface area contributed by atoms with Gasteiger partial charge >= 0.3 is 12.1 Å². The van der Waals surface area contributed by atoms with Crippen molar-refractivity contribution >= 4 is 17.3 Å². The number of aromatic nitrogens is 2. The summed E-state index contributed by atoms with van der Waals surface area (Å²) < 4.78 is 47.2. The maximum absolute atomic E-state index is 14.0. The lowest BCUT2D eigenvalue weighted by atomic mass is 9.91. The van der Waals surface area contributed by atoms with Crippen LogP contribution in [0.5, 0.6) is 0 Å². The lowest BCUT2D eigenvalue weighted by molar-refractivity contribution is -0.137. The molecule has 0 saturated heterocycles.